The summed E-state index contributed by atoms with van der Waals surface area (Å²) in [7, 11) is 0. The van der Waals surface area contributed by atoms with Crippen LogP contribution in [0.1, 0.15) is 34.8 Å². The Kier molecular flexibility index (Phi) is 3.80. The van der Waals surface area contributed by atoms with Gasteiger partial charge in [0.15, 0.2) is 11.6 Å². The van der Waals surface area contributed by atoms with Crippen LogP contribution in [0.3, 0.4) is 0 Å². The van der Waals surface area contributed by atoms with Gasteiger partial charge in [-0.05, 0) is 24.6 Å². The van der Waals surface area contributed by atoms with Gasteiger partial charge in [0, 0.05) is 11.3 Å². The van der Waals surface area contributed by atoms with E-state index in [9.17, 15) is 9.90 Å². The lowest BCUT2D eigenvalue weighted by atomic mass is 10.1. The summed E-state index contributed by atoms with van der Waals surface area (Å²) >= 11 is 0. The number of ketones is 1. The summed E-state index contributed by atoms with van der Waals surface area (Å²) in [6.07, 6.45) is 0.644. The van der Waals surface area contributed by atoms with Crippen LogP contribution in [0, 0.1) is 0 Å². The lowest BCUT2D eigenvalue weighted by Crippen LogP contribution is -2.09. The van der Waals surface area contributed by atoms with Gasteiger partial charge in [-0.25, -0.2) is 0 Å². The van der Waals surface area contributed by atoms with Gasteiger partial charge in [-0.3, -0.25) is 9.36 Å². The molecule has 0 spiro atoms. The first kappa shape index (κ1) is 14.2. The number of carbonyl (C=O) groups is 1. The Balaban J connectivity index is 2.02. The van der Waals surface area contributed by atoms with E-state index in [1.54, 1.807) is 22.8 Å². The number of hydrogen-bond donors (Lipinski definition) is 1. The Morgan fingerprint density at radius 2 is 1.91 bits per heavy atom. The molecule has 5 heteroatoms. The second-order valence-corrected chi connectivity index (χ2v) is 4.98. The van der Waals surface area contributed by atoms with Crippen molar-refractivity contribution >= 4 is 5.78 Å². The molecule has 1 N–H and O–H groups in total. The standard InChI is InChI=1S/C17H15N3O2/c1-12(21)14-8-5-9-15(10-14)20-11-18-19-17(20)16(22)13-6-3-2-4-7-13/h2-11,16,22H,1H3/t16-/m0/s1. The van der Waals surface area contributed by atoms with Crippen LogP contribution < -0.4 is 0 Å². The molecule has 0 aliphatic rings. The number of benzene rings is 2. The highest BCUT2D eigenvalue weighted by Gasteiger charge is 2.18. The molecule has 0 fully saturated rings. The minimum atomic E-state index is -0.885. The third kappa shape index (κ3) is 2.66. The molecule has 0 saturated carbocycles. The Morgan fingerprint density at radius 1 is 1.14 bits per heavy atom. The summed E-state index contributed by atoms with van der Waals surface area (Å²) in [5.41, 5.74) is 2.08. The van der Waals surface area contributed by atoms with Gasteiger partial charge in [-0.1, -0.05) is 42.5 Å². The summed E-state index contributed by atoms with van der Waals surface area (Å²) in [5.74, 6) is 0.395. The minimum absolute atomic E-state index is 0.0138. The van der Waals surface area contributed by atoms with Crippen molar-refractivity contribution in [1.82, 2.24) is 14.8 Å². The van der Waals surface area contributed by atoms with Gasteiger partial charge < -0.3 is 5.11 Å². The van der Waals surface area contributed by atoms with E-state index in [1.165, 1.54) is 13.3 Å². The number of hydrogen-bond acceptors (Lipinski definition) is 4. The molecule has 0 aliphatic heterocycles. The van der Waals surface area contributed by atoms with Gasteiger partial charge in [0.2, 0.25) is 0 Å². The summed E-state index contributed by atoms with van der Waals surface area (Å²) in [6, 6.07) is 16.4. The van der Waals surface area contributed by atoms with Crippen LogP contribution in [0.15, 0.2) is 60.9 Å². The molecule has 0 bridgehead atoms. The van der Waals surface area contributed by atoms with Crippen molar-refractivity contribution in [2.24, 2.45) is 0 Å². The second-order valence-electron chi connectivity index (χ2n) is 4.98. The van der Waals surface area contributed by atoms with E-state index >= 15 is 0 Å². The van der Waals surface area contributed by atoms with E-state index in [1.807, 2.05) is 36.4 Å². The average Bonchev–Trinajstić information content (AvgIpc) is 3.04. The van der Waals surface area contributed by atoms with Crippen molar-refractivity contribution in [1.29, 1.82) is 0 Å². The van der Waals surface area contributed by atoms with Crippen molar-refractivity contribution in [2.45, 2.75) is 13.0 Å². The van der Waals surface area contributed by atoms with Crippen LogP contribution in [0.4, 0.5) is 0 Å². The van der Waals surface area contributed by atoms with Gasteiger partial charge in [0.25, 0.3) is 0 Å². The van der Waals surface area contributed by atoms with E-state index in [0.717, 1.165) is 11.3 Å². The van der Waals surface area contributed by atoms with Crippen LogP contribution in [0.5, 0.6) is 0 Å². The lowest BCUT2D eigenvalue weighted by Gasteiger charge is -2.13. The number of aliphatic hydroxyl groups excluding tert-OH is 1. The maximum Gasteiger partial charge on any atom is 0.170 e. The molecule has 22 heavy (non-hydrogen) atoms. The molecule has 2 aromatic carbocycles. The Bertz CT molecular complexity index is 796. The maximum absolute atomic E-state index is 11.5. The molecule has 0 amide bonds. The third-order valence-corrected chi connectivity index (χ3v) is 3.46. The molecule has 1 atom stereocenters. The third-order valence-electron chi connectivity index (χ3n) is 3.46. The highest BCUT2D eigenvalue weighted by atomic mass is 16.3. The zero-order valence-electron chi connectivity index (χ0n) is 12.0. The number of aromatic nitrogens is 3. The van der Waals surface area contributed by atoms with E-state index < -0.39 is 6.10 Å². The number of carbonyl (C=O) groups excluding carboxylic acids is 1. The largest absolute Gasteiger partial charge is 0.380 e. The van der Waals surface area contributed by atoms with Gasteiger partial charge in [-0.15, -0.1) is 10.2 Å². The minimum Gasteiger partial charge on any atom is -0.380 e. The summed E-state index contributed by atoms with van der Waals surface area (Å²) in [6.45, 7) is 1.52. The first-order valence-electron chi connectivity index (χ1n) is 6.91. The smallest absolute Gasteiger partial charge is 0.170 e. The van der Waals surface area contributed by atoms with E-state index in [0.29, 0.717) is 11.4 Å². The van der Waals surface area contributed by atoms with Crippen LogP contribution >= 0.6 is 0 Å². The quantitative estimate of drug-likeness (QED) is 0.751. The van der Waals surface area contributed by atoms with Crippen LogP contribution in [0.2, 0.25) is 0 Å². The molecule has 3 rings (SSSR count). The molecule has 5 nitrogen and oxygen atoms in total. The fourth-order valence-electron chi connectivity index (χ4n) is 2.29. The van der Waals surface area contributed by atoms with E-state index in [4.69, 9.17) is 0 Å². The zero-order chi connectivity index (χ0) is 15.5. The number of aliphatic hydroxyl groups is 1. The van der Waals surface area contributed by atoms with Crippen LogP contribution in [0.25, 0.3) is 5.69 Å². The van der Waals surface area contributed by atoms with E-state index in [2.05, 4.69) is 10.2 Å². The van der Waals surface area contributed by atoms with Crippen molar-refractivity contribution in [3.63, 3.8) is 0 Å². The Labute approximate surface area is 127 Å². The van der Waals surface area contributed by atoms with Crippen LogP contribution in [-0.2, 0) is 0 Å². The first-order valence-corrected chi connectivity index (χ1v) is 6.91. The van der Waals surface area contributed by atoms with Gasteiger partial charge in [-0.2, -0.15) is 0 Å². The molecular weight excluding hydrogens is 278 g/mol. The predicted octanol–water partition coefficient (Wildman–Crippen LogP) is 2.55. The SMILES string of the molecule is CC(=O)c1cccc(-n2cnnc2[C@@H](O)c2ccccc2)c1. The number of nitrogens with zero attached hydrogens (tertiary/aromatic N) is 3. The van der Waals surface area contributed by atoms with Crippen LogP contribution in [-0.4, -0.2) is 25.7 Å². The highest BCUT2D eigenvalue weighted by molar-refractivity contribution is 5.94. The molecule has 110 valence electrons. The van der Waals surface area contributed by atoms with Crippen molar-refractivity contribution in [3.05, 3.63) is 77.9 Å². The monoisotopic (exact) mass is 293 g/mol. The molecule has 0 aliphatic carbocycles. The molecular formula is C17H15N3O2. The molecule has 0 saturated heterocycles. The maximum atomic E-state index is 11.5. The molecule has 3 aromatic rings. The molecule has 1 aromatic heterocycles. The fourth-order valence-corrected chi connectivity index (χ4v) is 2.29. The lowest BCUT2D eigenvalue weighted by molar-refractivity contribution is 0.101. The van der Waals surface area contributed by atoms with Gasteiger partial charge in [0.05, 0.1) is 0 Å². The van der Waals surface area contributed by atoms with Crippen molar-refractivity contribution in [2.75, 3.05) is 0 Å². The summed E-state index contributed by atoms with van der Waals surface area (Å²) < 4.78 is 1.68. The predicted molar refractivity (Wildman–Crippen MR) is 81.9 cm³/mol. The Morgan fingerprint density at radius 3 is 2.64 bits per heavy atom. The first-order chi connectivity index (χ1) is 10.7. The number of Topliss-reactive ketones (excluding diaryl/α,β-unsaturated/α-hetero) is 1. The summed E-state index contributed by atoms with van der Waals surface area (Å²) in [5, 5.41) is 18.4. The normalized spacial score (nSPS) is 12.1. The van der Waals surface area contributed by atoms with Gasteiger partial charge >= 0.3 is 0 Å². The van der Waals surface area contributed by atoms with Crippen molar-refractivity contribution < 1.29 is 9.90 Å². The second kappa shape index (κ2) is 5.91. The molecule has 0 unspecified atom stereocenters. The van der Waals surface area contributed by atoms with Gasteiger partial charge in [0.1, 0.15) is 12.4 Å². The summed E-state index contributed by atoms with van der Waals surface area (Å²) in [4.78, 5) is 11.5. The number of rotatable bonds is 4. The highest BCUT2D eigenvalue weighted by Crippen LogP contribution is 2.22. The topological polar surface area (TPSA) is 68.0 Å². The molecule has 1 heterocycles. The average molecular weight is 293 g/mol. The van der Waals surface area contributed by atoms with Crippen molar-refractivity contribution in [3.8, 4) is 5.69 Å². The van der Waals surface area contributed by atoms with E-state index in [-0.39, 0.29) is 5.78 Å². The zero-order valence-corrected chi connectivity index (χ0v) is 12.0. The Hall–Kier alpha value is -2.79. The molecule has 0 radical (unpaired) electrons. The fraction of sp³-hybridized carbons (Fsp3) is 0.118.